The smallest absolute Gasteiger partial charge is 0.293 e. The Labute approximate surface area is 129 Å². The number of nitro benzene ring substituents is 1. The van der Waals surface area contributed by atoms with Gasteiger partial charge in [-0.3, -0.25) is 10.1 Å². The number of nitriles is 1. The fourth-order valence-electron chi connectivity index (χ4n) is 2.76. The molecule has 1 aromatic rings. The molecule has 1 saturated carbocycles. The van der Waals surface area contributed by atoms with Crippen molar-refractivity contribution in [1.29, 1.82) is 5.26 Å². The molecular weight excluding hydrogens is 306 g/mol. The second-order valence-corrected chi connectivity index (χ2v) is 7.89. The van der Waals surface area contributed by atoms with Crippen molar-refractivity contribution in [2.45, 2.75) is 37.0 Å². The maximum absolute atomic E-state index is 11.7. The third-order valence-electron chi connectivity index (χ3n) is 3.91. The first-order valence-corrected chi connectivity index (χ1v) is 8.90. The Morgan fingerprint density at radius 1 is 1.41 bits per heavy atom. The van der Waals surface area contributed by atoms with Gasteiger partial charge in [0.05, 0.1) is 21.8 Å². The molecule has 0 heterocycles. The van der Waals surface area contributed by atoms with Crippen LogP contribution in [-0.2, 0) is 9.84 Å². The van der Waals surface area contributed by atoms with E-state index in [1.165, 1.54) is 24.5 Å². The zero-order chi connectivity index (χ0) is 16.3. The molecule has 1 aliphatic rings. The van der Waals surface area contributed by atoms with Gasteiger partial charge in [0.15, 0.2) is 0 Å². The van der Waals surface area contributed by atoms with Crippen LogP contribution < -0.4 is 5.32 Å². The summed E-state index contributed by atoms with van der Waals surface area (Å²) in [7, 11) is -3.11. The van der Waals surface area contributed by atoms with Gasteiger partial charge < -0.3 is 5.32 Å². The molecule has 2 rings (SSSR count). The quantitative estimate of drug-likeness (QED) is 0.671. The van der Waals surface area contributed by atoms with Crippen LogP contribution in [0, 0.1) is 21.4 Å². The van der Waals surface area contributed by atoms with Crippen LogP contribution in [0.2, 0.25) is 0 Å². The lowest BCUT2D eigenvalue weighted by Crippen LogP contribution is -2.34. The topological polar surface area (TPSA) is 113 Å². The number of benzene rings is 1. The van der Waals surface area contributed by atoms with Crippen LogP contribution in [0.1, 0.15) is 31.2 Å². The SMILES string of the molecule is CS(=O)(=O)C1CCCC(Nc2ccc(C#N)cc2[N+](=O)[O-])C1. The van der Waals surface area contributed by atoms with E-state index >= 15 is 0 Å². The van der Waals surface area contributed by atoms with Crippen molar-refractivity contribution in [3.05, 3.63) is 33.9 Å². The van der Waals surface area contributed by atoms with Gasteiger partial charge in [0.1, 0.15) is 15.5 Å². The first-order chi connectivity index (χ1) is 10.3. The van der Waals surface area contributed by atoms with Crippen LogP contribution in [0.3, 0.4) is 0 Å². The van der Waals surface area contributed by atoms with Crippen molar-refractivity contribution in [3.8, 4) is 6.07 Å². The summed E-state index contributed by atoms with van der Waals surface area (Å²) in [5.41, 5.74) is 0.374. The third-order valence-corrected chi connectivity index (χ3v) is 5.55. The van der Waals surface area contributed by atoms with Crippen molar-refractivity contribution in [1.82, 2.24) is 0 Å². The number of anilines is 1. The molecule has 0 aromatic heterocycles. The molecule has 1 fully saturated rings. The highest BCUT2D eigenvalue weighted by atomic mass is 32.2. The average molecular weight is 323 g/mol. The summed E-state index contributed by atoms with van der Waals surface area (Å²) in [5, 5.41) is 22.6. The van der Waals surface area contributed by atoms with Gasteiger partial charge >= 0.3 is 0 Å². The lowest BCUT2D eigenvalue weighted by Gasteiger charge is -2.29. The second-order valence-electron chi connectivity index (χ2n) is 5.56. The normalized spacial score (nSPS) is 21.8. The van der Waals surface area contributed by atoms with Gasteiger partial charge in [-0.2, -0.15) is 5.26 Å². The minimum atomic E-state index is -3.11. The Morgan fingerprint density at radius 3 is 2.73 bits per heavy atom. The molecule has 0 spiro atoms. The standard InChI is InChI=1S/C14H17N3O4S/c1-22(20,21)12-4-2-3-11(8-12)16-13-6-5-10(9-15)7-14(13)17(18)19/h5-7,11-12,16H,2-4,8H2,1H3. The van der Waals surface area contributed by atoms with Crippen molar-refractivity contribution in [3.63, 3.8) is 0 Å². The van der Waals surface area contributed by atoms with Crippen molar-refractivity contribution >= 4 is 21.2 Å². The van der Waals surface area contributed by atoms with Gasteiger partial charge in [-0.05, 0) is 31.4 Å². The minimum absolute atomic E-state index is 0.125. The van der Waals surface area contributed by atoms with E-state index in [1.54, 1.807) is 0 Å². The molecule has 1 aromatic carbocycles. The second kappa shape index (κ2) is 6.32. The maximum atomic E-state index is 11.7. The molecule has 8 heteroatoms. The van der Waals surface area contributed by atoms with Crippen LogP contribution in [0.25, 0.3) is 0 Å². The van der Waals surface area contributed by atoms with E-state index in [4.69, 9.17) is 5.26 Å². The zero-order valence-corrected chi connectivity index (χ0v) is 13.0. The Hall–Kier alpha value is -2.14. The number of nitrogens with zero attached hydrogens (tertiary/aromatic N) is 2. The summed E-state index contributed by atoms with van der Waals surface area (Å²) < 4.78 is 23.3. The summed E-state index contributed by atoms with van der Waals surface area (Å²) in [4.78, 5) is 10.6. The number of nitro groups is 1. The van der Waals surface area contributed by atoms with Gasteiger partial charge in [0.2, 0.25) is 0 Å². The molecule has 0 amide bonds. The molecule has 0 radical (unpaired) electrons. The first-order valence-electron chi connectivity index (χ1n) is 6.95. The van der Waals surface area contributed by atoms with Gasteiger partial charge in [0, 0.05) is 18.4 Å². The summed E-state index contributed by atoms with van der Waals surface area (Å²) >= 11 is 0. The van der Waals surface area contributed by atoms with Crippen LogP contribution in [0.5, 0.6) is 0 Å². The number of hydrogen-bond acceptors (Lipinski definition) is 6. The van der Waals surface area contributed by atoms with Crippen LogP contribution in [0.15, 0.2) is 18.2 Å². The number of sulfone groups is 1. The molecule has 22 heavy (non-hydrogen) atoms. The van der Waals surface area contributed by atoms with E-state index in [-0.39, 0.29) is 17.3 Å². The molecule has 118 valence electrons. The minimum Gasteiger partial charge on any atom is -0.377 e. The first kappa shape index (κ1) is 16.2. The predicted molar refractivity (Wildman–Crippen MR) is 82.3 cm³/mol. The van der Waals surface area contributed by atoms with Gasteiger partial charge in [0.25, 0.3) is 5.69 Å². The fraction of sp³-hybridized carbons (Fsp3) is 0.500. The summed E-state index contributed by atoms with van der Waals surface area (Å²) in [6, 6.07) is 5.97. The average Bonchev–Trinajstić information content (AvgIpc) is 2.47. The van der Waals surface area contributed by atoms with Crippen molar-refractivity contribution in [2.75, 3.05) is 11.6 Å². The van der Waals surface area contributed by atoms with E-state index in [9.17, 15) is 18.5 Å². The maximum Gasteiger partial charge on any atom is 0.293 e. The number of rotatable bonds is 4. The van der Waals surface area contributed by atoms with E-state index in [2.05, 4.69) is 5.32 Å². The molecule has 2 atom stereocenters. The fourth-order valence-corrected chi connectivity index (χ4v) is 3.94. The monoisotopic (exact) mass is 323 g/mol. The third kappa shape index (κ3) is 3.74. The Morgan fingerprint density at radius 2 is 2.14 bits per heavy atom. The molecule has 0 saturated heterocycles. The number of hydrogen-bond donors (Lipinski definition) is 1. The molecular formula is C14H17N3O4S. The lowest BCUT2D eigenvalue weighted by atomic mass is 9.94. The molecule has 1 aliphatic carbocycles. The molecule has 7 nitrogen and oxygen atoms in total. The van der Waals surface area contributed by atoms with E-state index in [0.717, 1.165) is 12.8 Å². The zero-order valence-electron chi connectivity index (χ0n) is 12.2. The Bertz CT molecular complexity index is 724. The van der Waals surface area contributed by atoms with Gasteiger partial charge in [-0.25, -0.2) is 8.42 Å². The van der Waals surface area contributed by atoms with E-state index in [1.807, 2.05) is 6.07 Å². The summed E-state index contributed by atoms with van der Waals surface area (Å²) in [6.45, 7) is 0. The van der Waals surface area contributed by atoms with E-state index < -0.39 is 20.0 Å². The molecule has 0 aliphatic heterocycles. The Kier molecular flexibility index (Phi) is 4.66. The molecule has 1 N–H and O–H groups in total. The summed E-state index contributed by atoms with van der Waals surface area (Å²) in [5.74, 6) is 0. The largest absolute Gasteiger partial charge is 0.377 e. The highest BCUT2D eigenvalue weighted by Gasteiger charge is 2.29. The molecule has 0 bridgehead atoms. The van der Waals surface area contributed by atoms with Crippen LogP contribution >= 0.6 is 0 Å². The van der Waals surface area contributed by atoms with E-state index in [0.29, 0.717) is 18.5 Å². The Balaban J connectivity index is 2.20. The lowest BCUT2D eigenvalue weighted by molar-refractivity contribution is -0.384. The van der Waals surface area contributed by atoms with Crippen molar-refractivity contribution in [2.24, 2.45) is 0 Å². The van der Waals surface area contributed by atoms with Crippen LogP contribution in [0.4, 0.5) is 11.4 Å². The van der Waals surface area contributed by atoms with Crippen molar-refractivity contribution < 1.29 is 13.3 Å². The van der Waals surface area contributed by atoms with Gasteiger partial charge in [-0.15, -0.1) is 0 Å². The highest BCUT2D eigenvalue weighted by molar-refractivity contribution is 7.91. The van der Waals surface area contributed by atoms with Gasteiger partial charge in [-0.1, -0.05) is 6.42 Å². The van der Waals surface area contributed by atoms with Crippen LogP contribution in [-0.4, -0.2) is 30.9 Å². The number of nitrogens with one attached hydrogen (secondary N) is 1. The highest BCUT2D eigenvalue weighted by Crippen LogP contribution is 2.30. The summed E-state index contributed by atoms with van der Waals surface area (Å²) in [6.07, 6.45) is 3.83. The molecule has 2 unspecified atom stereocenters. The predicted octanol–water partition coefficient (Wildman–Crippen LogP) is 2.23.